The number of nitrogens with one attached hydrogen (secondary N) is 1. The Morgan fingerprint density at radius 2 is 1.85 bits per heavy atom. The van der Waals surface area contributed by atoms with Crippen LogP contribution in [0, 0.1) is 0 Å². The van der Waals surface area contributed by atoms with Gasteiger partial charge in [0.25, 0.3) is 0 Å². The van der Waals surface area contributed by atoms with Crippen LogP contribution in [0.2, 0.25) is 0 Å². The number of rotatable bonds is 1. The van der Waals surface area contributed by atoms with Crippen molar-refractivity contribution in [2.45, 2.75) is 51.4 Å². The van der Waals surface area contributed by atoms with E-state index >= 15 is 0 Å². The van der Waals surface area contributed by atoms with Gasteiger partial charge in [0.1, 0.15) is 5.60 Å². The highest BCUT2D eigenvalue weighted by molar-refractivity contribution is 5.82. The van der Waals surface area contributed by atoms with Crippen LogP contribution in [0.5, 0.6) is 0 Å². The van der Waals surface area contributed by atoms with Crippen LogP contribution < -0.4 is 5.32 Å². The molecule has 1 heterocycles. The van der Waals surface area contributed by atoms with Gasteiger partial charge in [-0.15, -0.1) is 0 Å². The molecule has 2 amide bonds. The quantitative estimate of drug-likeness (QED) is 0.806. The molecular weight excluding hydrogens is 277 g/mol. The third-order valence-corrected chi connectivity index (χ3v) is 2.67. The molecule has 0 bridgehead atoms. The molecule has 1 fully saturated rings. The molecule has 0 aromatic rings. The van der Waals surface area contributed by atoms with E-state index in [0.29, 0.717) is 19.4 Å². The number of ether oxygens (including phenoxy) is 1. The third kappa shape index (κ3) is 5.26. The molecular formula is C12H19F3N2O3. The van der Waals surface area contributed by atoms with Gasteiger partial charge in [-0.1, -0.05) is 0 Å². The van der Waals surface area contributed by atoms with Gasteiger partial charge in [-0.05, 0) is 33.6 Å². The summed E-state index contributed by atoms with van der Waals surface area (Å²) < 4.78 is 41.6. The molecule has 8 heteroatoms. The Kier molecular flexibility index (Phi) is 4.88. The maximum atomic E-state index is 12.2. The van der Waals surface area contributed by atoms with Gasteiger partial charge in [-0.25, -0.2) is 4.79 Å². The number of hydrogen-bond donors (Lipinski definition) is 1. The molecule has 1 N–H and O–H groups in total. The summed E-state index contributed by atoms with van der Waals surface area (Å²) in [5.41, 5.74) is -0.667. The summed E-state index contributed by atoms with van der Waals surface area (Å²) in [6.07, 6.45) is -4.57. The molecule has 0 spiro atoms. The number of carbonyl (C=O) groups is 2. The van der Waals surface area contributed by atoms with Crippen LogP contribution in [0.3, 0.4) is 0 Å². The first-order chi connectivity index (χ1) is 8.99. The average molecular weight is 296 g/mol. The van der Waals surface area contributed by atoms with E-state index in [1.807, 2.05) is 5.32 Å². The topological polar surface area (TPSA) is 58.6 Å². The molecule has 0 radical (unpaired) electrons. The smallest absolute Gasteiger partial charge is 0.444 e. The van der Waals surface area contributed by atoms with Crippen molar-refractivity contribution < 1.29 is 27.5 Å². The Morgan fingerprint density at radius 1 is 1.25 bits per heavy atom. The van der Waals surface area contributed by atoms with Crippen molar-refractivity contribution in [1.82, 2.24) is 10.2 Å². The molecule has 1 atom stereocenters. The summed E-state index contributed by atoms with van der Waals surface area (Å²) in [5.74, 6) is -1.98. The Bertz CT molecular complexity index is 377. The largest absolute Gasteiger partial charge is 0.471 e. The van der Waals surface area contributed by atoms with Crippen LogP contribution in [0.15, 0.2) is 0 Å². The van der Waals surface area contributed by atoms with Crippen molar-refractivity contribution in [2.24, 2.45) is 0 Å². The van der Waals surface area contributed by atoms with Gasteiger partial charge in [-0.2, -0.15) is 13.2 Å². The lowest BCUT2D eigenvalue weighted by Gasteiger charge is -2.34. The summed E-state index contributed by atoms with van der Waals surface area (Å²) >= 11 is 0. The van der Waals surface area contributed by atoms with Gasteiger partial charge < -0.3 is 15.0 Å². The van der Waals surface area contributed by atoms with Crippen molar-refractivity contribution >= 4 is 12.0 Å². The second-order valence-corrected chi connectivity index (χ2v) is 5.74. The highest BCUT2D eigenvalue weighted by Crippen LogP contribution is 2.18. The van der Waals surface area contributed by atoms with Crippen LogP contribution >= 0.6 is 0 Å². The lowest BCUT2D eigenvalue weighted by Crippen LogP contribution is -2.53. The van der Waals surface area contributed by atoms with Gasteiger partial charge in [0.2, 0.25) is 0 Å². The average Bonchev–Trinajstić information content (AvgIpc) is 2.25. The number of alkyl halides is 3. The van der Waals surface area contributed by atoms with Gasteiger partial charge in [0.15, 0.2) is 0 Å². The number of nitrogens with zero attached hydrogens (tertiary/aromatic N) is 1. The van der Waals surface area contributed by atoms with Crippen LogP contribution in [0.4, 0.5) is 18.0 Å². The highest BCUT2D eigenvalue weighted by Gasteiger charge is 2.40. The highest BCUT2D eigenvalue weighted by atomic mass is 19.4. The fourth-order valence-electron chi connectivity index (χ4n) is 1.85. The Morgan fingerprint density at radius 3 is 2.35 bits per heavy atom. The van der Waals surface area contributed by atoms with Crippen LogP contribution in [0.1, 0.15) is 33.6 Å². The number of halogens is 3. The van der Waals surface area contributed by atoms with Crippen molar-refractivity contribution in [1.29, 1.82) is 0 Å². The molecule has 1 aliphatic rings. The summed E-state index contributed by atoms with van der Waals surface area (Å²) in [4.78, 5) is 24.0. The molecule has 0 aromatic carbocycles. The van der Waals surface area contributed by atoms with E-state index in [2.05, 4.69) is 0 Å². The van der Waals surface area contributed by atoms with Crippen molar-refractivity contribution in [3.8, 4) is 0 Å². The van der Waals surface area contributed by atoms with Crippen molar-refractivity contribution in [3.05, 3.63) is 0 Å². The number of likely N-dealkylation sites (tertiary alicyclic amines) is 1. The molecule has 1 saturated heterocycles. The van der Waals surface area contributed by atoms with Crippen LogP contribution in [-0.2, 0) is 9.53 Å². The van der Waals surface area contributed by atoms with Gasteiger partial charge >= 0.3 is 18.2 Å². The third-order valence-electron chi connectivity index (χ3n) is 2.67. The lowest BCUT2D eigenvalue weighted by atomic mass is 10.1. The normalized spacial score (nSPS) is 20.5. The Hall–Kier alpha value is -1.47. The number of carbonyl (C=O) groups excluding carboxylic acids is 2. The molecule has 5 nitrogen and oxygen atoms in total. The van der Waals surface area contributed by atoms with Gasteiger partial charge in [0.05, 0.1) is 0 Å². The molecule has 0 unspecified atom stereocenters. The minimum Gasteiger partial charge on any atom is -0.444 e. The summed E-state index contributed by atoms with van der Waals surface area (Å²) in [7, 11) is 0. The van der Waals surface area contributed by atoms with E-state index in [9.17, 15) is 22.8 Å². The molecule has 0 aliphatic carbocycles. The van der Waals surface area contributed by atoms with Crippen molar-refractivity contribution in [2.75, 3.05) is 13.1 Å². The number of hydrogen-bond acceptors (Lipinski definition) is 3. The molecule has 116 valence electrons. The van der Waals surface area contributed by atoms with Gasteiger partial charge in [-0.3, -0.25) is 4.79 Å². The van der Waals surface area contributed by atoms with Crippen LogP contribution in [-0.4, -0.2) is 47.8 Å². The first-order valence-electron chi connectivity index (χ1n) is 6.34. The first kappa shape index (κ1) is 16.6. The zero-order valence-corrected chi connectivity index (χ0v) is 11.7. The Labute approximate surface area is 115 Å². The molecule has 1 aliphatic heterocycles. The van der Waals surface area contributed by atoms with E-state index in [1.54, 1.807) is 20.8 Å². The predicted molar refractivity (Wildman–Crippen MR) is 65.0 cm³/mol. The van der Waals surface area contributed by atoms with E-state index in [4.69, 9.17) is 4.74 Å². The standard InChI is InChI=1S/C12H19F3N2O3/c1-11(2,3)20-10(19)17-6-4-5-8(7-17)16-9(18)12(13,14)15/h8H,4-7H2,1-3H3,(H,16,18)/t8-/m0/s1. The second-order valence-electron chi connectivity index (χ2n) is 5.74. The number of piperidine rings is 1. The van der Waals surface area contributed by atoms with Crippen molar-refractivity contribution in [3.63, 3.8) is 0 Å². The fraction of sp³-hybridized carbons (Fsp3) is 0.833. The Balaban J connectivity index is 2.55. The van der Waals surface area contributed by atoms with Crippen LogP contribution in [0.25, 0.3) is 0 Å². The van der Waals surface area contributed by atoms with E-state index in [1.165, 1.54) is 4.90 Å². The van der Waals surface area contributed by atoms with E-state index in [0.717, 1.165) is 0 Å². The molecule has 0 saturated carbocycles. The second kappa shape index (κ2) is 5.88. The minimum atomic E-state index is -4.91. The lowest BCUT2D eigenvalue weighted by molar-refractivity contribution is -0.174. The van der Waals surface area contributed by atoms with E-state index in [-0.39, 0.29) is 6.54 Å². The zero-order valence-electron chi connectivity index (χ0n) is 11.7. The summed E-state index contributed by atoms with van der Waals surface area (Å²) in [5, 5.41) is 1.89. The minimum absolute atomic E-state index is 0.0245. The SMILES string of the molecule is CC(C)(C)OC(=O)N1CCC[C@H](NC(=O)C(F)(F)F)C1. The number of amides is 2. The summed E-state index contributed by atoms with van der Waals surface area (Å²) in [6, 6.07) is -0.703. The monoisotopic (exact) mass is 296 g/mol. The molecule has 20 heavy (non-hydrogen) atoms. The maximum absolute atomic E-state index is 12.2. The first-order valence-corrected chi connectivity index (χ1v) is 6.34. The maximum Gasteiger partial charge on any atom is 0.471 e. The van der Waals surface area contributed by atoms with Gasteiger partial charge in [0, 0.05) is 19.1 Å². The predicted octanol–water partition coefficient (Wildman–Crippen LogP) is 2.06. The molecule has 0 aromatic heterocycles. The molecule has 1 rings (SSSR count). The summed E-state index contributed by atoms with van der Waals surface area (Å²) in [6.45, 7) is 5.55. The zero-order chi connectivity index (χ0) is 15.6. The fourth-order valence-corrected chi connectivity index (χ4v) is 1.85. The van der Waals surface area contributed by atoms with E-state index < -0.39 is 29.8 Å².